The van der Waals surface area contributed by atoms with E-state index in [9.17, 15) is 5.26 Å². The van der Waals surface area contributed by atoms with Crippen molar-refractivity contribution in [2.45, 2.75) is 0 Å². The molecule has 0 atom stereocenters. The third-order valence-electron chi connectivity index (χ3n) is 8.33. The number of nitriles is 1. The minimum Gasteiger partial charge on any atom is -0.311 e. The molecule has 0 amide bonds. The molecule has 0 saturated heterocycles. The number of hydrogen-bond donors (Lipinski definition) is 0. The molecule has 0 unspecified atom stereocenters. The van der Waals surface area contributed by atoms with E-state index in [1.807, 2.05) is 12.1 Å². The van der Waals surface area contributed by atoms with Crippen LogP contribution in [0.5, 0.6) is 0 Å². The van der Waals surface area contributed by atoms with Crippen molar-refractivity contribution in [3.05, 3.63) is 151 Å². The average Bonchev–Trinajstić information content (AvgIpc) is 3.05. The lowest BCUT2D eigenvalue weighted by atomic mass is 10.1. The lowest BCUT2D eigenvalue weighted by molar-refractivity contribution is 1.22. The highest BCUT2D eigenvalue weighted by Gasteiger charge is 2.53. The molecule has 0 saturated carbocycles. The largest absolute Gasteiger partial charge is 0.311 e. The van der Waals surface area contributed by atoms with Crippen LogP contribution in [0.2, 0.25) is 0 Å². The first-order valence-corrected chi connectivity index (χ1v) is 15.7. The van der Waals surface area contributed by atoms with E-state index in [2.05, 4.69) is 148 Å². The first kappa shape index (κ1) is 23.4. The van der Waals surface area contributed by atoms with E-state index in [1.165, 1.54) is 32.1 Å². The van der Waals surface area contributed by atoms with Crippen molar-refractivity contribution in [2.75, 3.05) is 9.80 Å². The normalized spacial score (nSPS) is 13.9. The first-order valence-electron chi connectivity index (χ1n) is 13.7. The van der Waals surface area contributed by atoms with Crippen molar-refractivity contribution in [1.29, 1.82) is 5.26 Å². The monoisotopic (exact) mass is 540 g/mol. The van der Waals surface area contributed by atoms with Gasteiger partial charge in [-0.05, 0) is 69.3 Å². The summed E-state index contributed by atoms with van der Waals surface area (Å²) in [5.74, 6) is 0. The molecule has 0 aliphatic carbocycles. The maximum absolute atomic E-state index is 9.66. The van der Waals surface area contributed by atoms with Gasteiger partial charge in [0.15, 0.2) is 8.07 Å². The van der Waals surface area contributed by atoms with Crippen molar-refractivity contribution in [3.63, 3.8) is 0 Å². The summed E-state index contributed by atoms with van der Waals surface area (Å²) in [5.41, 5.74) is 7.22. The number of benzene rings is 5. The van der Waals surface area contributed by atoms with E-state index in [0.29, 0.717) is 5.69 Å². The summed E-state index contributed by atoms with van der Waals surface area (Å²) < 4.78 is 0. The summed E-state index contributed by atoms with van der Waals surface area (Å²) in [5, 5.41) is 15.1. The molecule has 41 heavy (non-hydrogen) atoms. The Morgan fingerprint density at radius 3 is 1.37 bits per heavy atom. The average molecular weight is 541 g/mol. The first-order chi connectivity index (χ1) is 20.3. The van der Waals surface area contributed by atoms with Crippen LogP contribution in [0.1, 0.15) is 5.69 Å². The third kappa shape index (κ3) is 3.23. The van der Waals surface area contributed by atoms with Gasteiger partial charge in [-0.25, -0.2) is 4.98 Å². The van der Waals surface area contributed by atoms with Crippen LogP contribution in [0.4, 0.5) is 34.1 Å². The van der Waals surface area contributed by atoms with Crippen LogP contribution >= 0.6 is 0 Å². The maximum atomic E-state index is 9.66. The van der Waals surface area contributed by atoms with Crippen molar-refractivity contribution < 1.29 is 0 Å². The van der Waals surface area contributed by atoms with Crippen molar-refractivity contribution in [2.24, 2.45) is 0 Å². The molecule has 5 aromatic carbocycles. The number of anilines is 6. The van der Waals surface area contributed by atoms with E-state index in [4.69, 9.17) is 0 Å². The van der Waals surface area contributed by atoms with E-state index in [0.717, 1.165) is 22.7 Å². The van der Waals surface area contributed by atoms with E-state index in [1.54, 1.807) is 6.20 Å². The molecule has 2 aliphatic rings. The van der Waals surface area contributed by atoms with Gasteiger partial charge < -0.3 is 9.80 Å². The molecule has 3 heterocycles. The maximum Gasteiger partial charge on any atom is 0.188 e. The predicted molar refractivity (Wildman–Crippen MR) is 169 cm³/mol. The number of nitrogens with zero attached hydrogens (tertiary/aromatic N) is 4. The Bertz CT molecular complexity index is 1900. The highest BCUT2D eigenvalue weighted by molar-refractivity contribution is 7.23. The van der Waals surface area contributed by atoms with Gasteiger partial charge in [-0.3, -0.25) is 0 Å². The number of aromatic nitrogens is 1. The van der Waals surface area contributed by atoms with Crippen molar-refractivity contribution >= 4 is 62.9 Å². The molecule has 2 aliphatic heterocycles. The molecule has 5 heteroatoms. The lowest BCUT2D eigenvalue weighted by Gasteiger charge is -2.49. The second kappa shape index (κ2) is 9.05. The van der Waals surface area contributed by atoms with Gasteiger partial charge in [0.1, 0.15) is 11.8 Å². The Morgan fingerprint density at radius 2 is 0.902 bits per heavy atom. The molecule has 1 aromatic heterocycles. The number of para-hydroxylation sites is 5. The van der Waals surface area contributed by atoms with Gasteiger partial charge in [0, 0.05) is 34.6 Å². The molecule has 192 valence electrons. The van der Waals surface area contributed by atoms with E-state index in [-0.39, 0.29) is 0 Å². The van der Waals surface area contributed by atoms with Gasteiger partial charge >= 0.3 is 0 Å². The smallest absolute Gasteiger partial charge is 0.188 e. The van der Waals surface area contributed by atoms with Crippen molar-refractivity contribution in [3.8, 4) is 6.07 Å². The van der Waals surface area contributed by atoms with Gasteiger partial charge in [-0.15, -0.1) is 0 Å². The fourth-order valence-electron chi connectivity index (χ4n) is 6.83. The van der Waals surface area contributed by atoms with E-state index < -0.39 is 8.07 Å². The summed E-state index contributed by atoms with van der Waals surface area (Å²) in [6.07, 6.45) is 1.73. The molecule has 6 aromatic rings. The summed E-state index contributed by atoms with van der Waals surface area (Å²) in [4.78, 5) is 8.99. The van der Waals surface area contributed by atoms with Crippen LogP contribution in [0.15, 0.2) is 146 Å². The van der Waals surface area contributed by atoms with Crippen LogP contribution in [0.25, 0.3) is 0 Å². The predicted octanol–water partition coefficient (Wildman–Crippen LogP) is 5.90. The Balaban J connectivity index is 1.51. The zero-order valence-electron chi connectivity index (χ0n) is 22.1. The molecule has 0 radical (unpaired) electrons. The molecule has 4 nitrogen and oxygen atoms in total. The molecule has 0 bridgehead atoms. The van der Waals surface area contributed by atoms with Crippen LogP contribution in [0.3, 0.4) is 0 Å². The van der Waals surface area contributed by atoms with Crippen LogP contribution in [0, 0.1) is 11.3 Å². The van der Waals surface area contributed by atoms with Crippen molar-refractivity contribution in [1.82, 2.24) is 4.98 Å². The number of pyridine rings is 1. The highest BCUT2D eigenvalue weighted by atomic mass is 28.3. The van der Waals surface area contributed by atoms with Gasteiger partial charge in [0.2, 0.25) is 0 Å². The van der Waals surface area contributed by atoms with E-state index >= 15 is 0 Å². The summed E-state index contributed by atoms with van der Waals surface area (Å²) in [7, 11) is -2.79. The minimum absolute atomic E-state index is 0.404. The van der Waals surface area contributed by atoms with Gasteiger partial charge in [0.25, 0.3) is 0 Å². The van der Waals surface area contributed by atoms with Crippen LogP contribution < -0.4 is 30.5 Å². The Hall–Kier alpha value is -5.44. The molecule has 0 N–H and O–H groups in total. The van der Waals surface area contributed by atoms with Crippen LogP contribution in [-0.4, -0.2) is 13.1 Å². The Morgan fingerprint density at radius 1 is 0.488 bits per heavy atom. The zero-order chi connectivity index (χ0) is 27.4. The molecule has 0 fully saturated rings. The number of hydrogen-bond acceptors (Lipinski definition) is 4. The lowest BCUT2D eigenvalue weighted by Crippen LogP contribution is -2.79. The zero-order valence-corrected chi connectivity index (χ0v) is 23.1. The summed E-state index contributed by atoms with van der Waals surface area (Å²) in [6, 6.07) is 52.3. The fourth-order valence-corrected chi connectivity index (χ4v) is 12.3. The minimum atomic E-state index is -2.79. The summed E-state index contributed by atoms with van der Waals surface area (Å²) >= 11 is 0. The van der Waals surface area contributed by atoms with Gasteiger partial charge in [0.05, 0.1) is 5.69 Å². The molecular formula is C36H24N4Si. The standard InChI is InChI=1S/C36H24N4Si/c37-25-26-24-28(22-23-38-26)40-31-16-6-10-20-35(31)41(36-21-11-7-17-32(36)40)33-18-8-4-14-29(33)39(27-12-2-1-3-13-27)30-15-5-9-19-34(30)41/h1-24H. The van der Waals surface area contributed by atoms with Gasteiger partial charge in [-0.2, -0.15) is 5.26 Å². The molecular weight excluding hydrogens is 517 g/mol. The van der Waals surface area contributed by atoms with Gasteiger partial charge in [-0.1, -0.05) is 91.0 Å². The molecule has 1 spiro atoms. The quantitative estimate of drug-likeness (QED) is 0.256. The second-order valence-electron chi connectivity index (χ2n) is 10.3. The summed E-state index contributed by atoms with van der Waals surface area (Å²) in [6.45, 7) is 0. The number of rotatable bonds is 2. The Kier molecular flexibility index (Phi) is 5.18. The third-order valence-corrected chi connectivity index (χ3v) is 13.2. The fraction of sp³-hybridized carbons (Fsp3) is 0. The number of fused-ring (bicyclic) bond motifs is 8. The highest BCUT2D eigenvalue weighted by Crippen LogP contribution is 2.43. The Labute approximate surface area is 240 Å². The van der Waals surface area contributed by atoms with Crippen LogP contribution in [-0.2, 0) is 0 Å². The molecule has 8 rings (SSSR count). The second-order valence-corrected chi connectivity index (χ2v) is 14.0. The topological polar surface area (TPSA) is 43.2 Å². The SMILES string of the molecule is N#Cc1cc(N2c3ccccc3[Si]3(c4ccccc4N(c4ccccc4)c4ccccc43)c3ccccc32)ccn1.